The molecule has 1 atom stereocenters. The maximum atomic E-state index is 4.52. The third-order valence-corrected chi connectivity index (χ3v) is 4.05. The molecular weight excluding hydrogens is 208 g/mol. The van der Waals surface area contributed by atoms with Crippen molar-refractivity contribution in [1.82, 2.24) is 19.5 Å². The van der Waals surface area contributed by atoms with Gasteiger partial charge in [0.25, 0.3) is 0 Å². The molecule has 0 saturated heterocycles. The van der Waals surface area contributed by atoms with Gasteiger partial charge in [0.2, 0.25) is 0 Å². The summed E-state index contributed by atoms with van der Waals surface area (Å²) >= 11 is 1.83. The number of aromatic nitrogens is 4. The van der Waals surface area contributed by atoms with Crippen LogP contribution < -0.4 is 0 Å². The van der Waals surface area contributed by atoms with Gasteiger partial charge in [-0.1, -0.05) is 25.1 Å². The van der Waals surface area contributed by atoms with Gasteiger partial charge >= 0.3 is 0 Å². The Hall–Kier alpha value is -1.10. The van der Waals surface area contributed by atoms with Crippen LogP contribution in [0.4, 0.5) is 0 Å². The number of nitrogens with zero attached hydrogens (tertiary/aromatic N) is 4. The summed E-state index contributed by atoms with van der Waals surface area (Å²) in [6.07, 6.45) is 4.60. The van der Waals surface area contributed by atoms with Crippen LogP contribution >= 0.6 is 11.8 Å². The minimum absolute atomic E-state index is 0.745. The lowest BCUT2D eigenvalue weighted by Crippen LogP contribution is -2.18. The number of thioether (sulfide) groups is 1. The van der Waals surface area contributed by atoms with E-state index in [-0.39, 0.29) is 0 Å². The SMILES string of the molecule is CC[C@@H]1CSc2nc3cncnc3n2C1. The number of imidazole rings is 1. The van der Waals surface area contributed by atoms with Gasteiger partial charge in [0.05, 0.1) is 6.20 Å². The highest BCUT2D eigenvalue weighted by Crippen LogP contribution is 2.31. The van der Waals surface area contributed by atoms with Crippen LogP contribution in [-0.4, -0.2) is 25.3 Å². The molecule has 0 fully saturated rings. The zero-order chi connectivity index (χ0) is 10.3. The van der Waals surface area contributed by atoms with Crippen molar-refractivity contribution >= 4 is 22.9 Å². The van der Waals surface area contributed by atoms with Crippen LogP contribution in [0.5, 0.6) is 0 Å². The predicted octanol–water partition coefficient (Wildman–Crippen LogP) is 1.96. The number of fused-ring (bicyclic) bond motifs is 3. The Kier molecular flexibility index (Phi) is 2.12. The van der Waals surface area contributed by atoms with E-state index in [9.17, 15) is 0 Å². The van der Waals surface area contributed by atoms with Crippen LogP contribution in [0.1, 0.15) is 13.3 Å². The molecule has 1 aliphatic heterocycles. The second-order valence-electron chi connectivity index (χ2n) is 3.82. The molecule has 0 N–H and O–H groups in total. The van der Waals surface area contributed by atoms with Gasteiger partial charge in [0.15, 0.2) is 10.8 Å². The number of hydrogen-bond acceptors (Lipinski definition) is 4. The standard InChI is InChI=1S/C10H12N4S/c1-2-7-4-14-9-8(3-11-6-12-9)13-10(14)15-5-7/h3,6-7H,2,4-5H2,1H3/t7-/m0/s1. The second kappa shape index (κ2) is 3.48. The minimum Gasteiger partial charge on any atom is -0.303 e. The summed E-state index contributed by atoms with van der Waals surface area (Å²) in [4.78, 5) is 12.8. The lowest BCUT2D eigenvalue weighted by atomic mass is 10.1. The third kappa shape index (κ3) is 1.42. The molecule has 0 saturated carbocycles. The Morgan fingerprint density at radius 3 is 3.40 bits per heavy atom. The van der Waals surface area contributed by atoms with E-state index in [0.717, 1.165) is 28.8 Å². The van der Waals surface area contributed by atoms with Crippen molar-refractivity contribution < 1.29 is 0 Å². The smallest absolute Gasteiger partial charge is 0.170 e. The summed E-state index contributed by atoms with van der Waals surface area (Å²) in [5.74, 6) is 1.92. The molecule has 0 bridgehead atoms. The fourth-order valence-corrected chi connectivity index (χ4v) is 3.09. The van der Waals surface area contributed by atoms with Gasteiger partial charge in [0, 0.05) is 12.3 Å². The molecule has 15 heavy (non-hydrogen) atoms. The average Bonchev–Trinajstić information content (AvgIpc) is 2.66. The Morgan fingerprint density at radius 1 is 1.60 bits per heavy atom. The molecule has 0 unspecified atom stereocenters. The van der Waals surface area contributed by atoms with E-state index in [1.54, 1.807) is 12.5 Å². The van der Waals surface area contributed by atoms with E-state index in [4.69, 9.17) is 0 Å². The van der Waals surface area contributed by atoms with E-state index in [1.807, 2.05) is 11.8 Å². The van der Waals surface area contributed by atoms with E-state index in [1.165, 1.54) is 12.2 Å². The quantitative estimate of drug-likeness (QED) is 0.737. The van der Waals surface area contributed by atoms with Crippen molar-refractivity contribution in [2.45, 2.75) is 25.0 Å². The summed E-state index contributed by atoms with van der Waals surface area (Å²) in [6.45, 7) is 3.29. The summed E-state index contributed by atoms with van der Waals surface area (Å²) in [5, 5.41) is 1.09. The van der Waals surface area contributed by atoms with Crippen LogP contribution in [0.25, 0.3) is 11.2 Å². The highest BCUT2D eigenvalue weighted by Gasteiger charge is 2.21. The fraction of sp³-hybridized carbons (Fsp3) is 0.500. The largest absolute Gasteiger partial charge is 0.303 e. The molecule has 0 amide bonds. The Bertz CT molecular complexity index is 493. The molecule has 78 valence electrons. The number of rotatable bonds is 1. The molecule has 2 aromatic heterocycles. The van der Waals surface area contributed by atoms with Gasteiger partial charge in [-0.2, -0.15) is 0 Å². The lowest BCUT2D eigenvalue weighted by Gasteiger charge is -2.21. The predicted molar refractivity (Wildman–Crippen MR) is 59.8 cm³/mol. The van der Waals surface area contributed by atoms with Gasteiger partial charge < -0.3 is 4.57 Å². The van der Waals surface area contributed by atoms with Crippen molar-refractivity contribution in [3.05, 3.63) is 12.5 Å². The molecule has 0 spiro atoms. The summed E-state index contributed by atoms with van der Waals surface area (Å²) < 4.78 is 2.22. The Morgan fingerprint density at radius 2 is 2.53 bits per heavy atom. The van der Waals surface area contributed by atoms with Crippen molar-refractivity contribution in [3.63, 3.8) is 0 Å². The maximum Gasteiger partial charge on any atom is 0.170 e. The first-order valence-electron chi connectivity index (χ1n) is 5.17. The Labute approximate surface area is 92.1 Å². The highest BCUT2D eigenvalue weighted by atomic mass is 32.2. The van der Waals surface area contributed by atoms with Crippen LogP contribution in [-0.2, 0) is 6.54 Å². The van der Waals surface area contributed by atoms with Crippen LogP contribution in [0.3, 0.4) is 0 Å². The molecule has 2 aromatic rings. The van der Waals surface area contributed by atoms with Crippen molar-refractivity contribution in [2.24, 2.45) is 5.92 Å². The van der Waals surface area contributed by atoms with Gasteiger partial charge in [-0.3, -0.25) is 0 Å². The molecule has 4 nitrogen and oxygen atoms in total. The topological polar surface area (TPSA) is 43.6 Å². The first kappa shape index (κ1) is 9.15. The molecule has 3 heterocycles. The summed E-state index contributed by atoms with van der Waals surface area (Å²) in [7, 11) is 0. The lowest BCUT2D eigenvalue weighted by molar-refractivity contribution is 0.447. The van der Waals surface area contributed by atoms with E-state index >= 15 is 0 Å². The fourth-order valence-electron chi connectivity index (χ4n) is 1.88. The van der Waals surface area contributed by atoms with Gasteiger partial charge in [-0.25, -0.2) is 15.0 Å². The van der Waals surface area contributed by atoms with Gasteiger partial charge in [-0.15, -0.1) is 0 Å². The number of hydrogen-bond donors (Lipinski definition) is 0. The van der Waals surface area contributed by atoms with Crippen molar-refractivity contribution in [1.29, 1.82) is 0 Å². The molecule has 0 aromatic carbocycles. The zero-order valence-electron chi connectivity index (χ0n) is 8.55. The first-order chi connectivity index (χ1) is 7.38. The van der Waals surface area contributed by atoms with E-state index < -0.39 is 0 Å². The maximum absolute atomic E-state index is 4.52. The highest BCUT2D eigenvalue weighted by molar-refractivity contribution is 7.99. The van der Waals surface area contributed by atoms with Crippen molar-refractivity contribution in [2.75, 3.05) is 5.75 Å². The first-order valence-corrected chi connectivity index (χ1v) is 6.16. The van der Waals surface area contributed by atoms with Crippen molar-refractivity contribution in [3.8, 4) is 0 Å². The molecule has 0 aliphatic carbocycles. The average molecular weight is 220 g/mol. The van der Waals surface area contributed by atoms with Gasteiger partial charge in [0.1, 0.15) is 11.8 Å². The Balaban J connectivity index is 2.14. The molecular formula is C10H12N4S. The minimum atomic E-state index is 0.745. The van der Waals surface area contributed by atoms with Gasteiger partial charge in [-0.05, 0) is 5.92 Å². The third-order valence-electron chi connectivity index (χ3n) is 2.84. The zero-order valence-corrected chi connectivity index (χ0v) is 9.37. The van der Waals surface area contributed by atoms with Crippen LogP contribution in [0, 0.1) is 5.92 Å². The second-order valence-corrected chi connectivity index (χ2v) is 4.81. The molecule has 1 aliphatic rings. The molecule has 3 rings (SSSR count). The summed E-state index contributed by atoms with van der Waals surface area (Å²) in [6, 6.07) is 0. The van der Waals surface area contributed by atoms with E-state index in [0.29, 0.717) is 0 Å². The van der Waals surface area contributed by atoms with E-state index in [2.05, 4.69) is 26.4 Å². The summed E-state index contributed by atoms with van der Waals surface area (Å²) in [5.41, 5.74) is 1.89. The molecule has 0 radical (unpaired) electrons. The van der Waals surface area contributed by atoms with Crippen LogP contribution in [0.15, 0.2) is 17.7 Å². The van der Waals surface area contributed by atoms with Crippen LogP contribution in [0.2, 0.25) is 0 Å². The molecule has 5 heteroatoms. The monoisotopic (exact) mass is 220 g/mol. The normalized spacial score (nSPS) is 20.5.